The molecule has 0 atom stereocenters. The van der Waals surface area contributed by atoms with Gasteiger partial charge in [-0.3, -0.25) is 19.5 Å². The van der Waals surface area contributed by atoms with Crippen molar-refractivity contribution in [2.45, 2.75) is 37.3 Å². The number of benzene rings is 1. The average Bonchev–Trinajstić information content (AvgIpc) is 3.07. The number of carbonyl (C=O) groups is 2. The lowest BCUT2D eigenvalue weighted by Gasteiger charge is -2.13. The molecule has 2 heterocycles. The largest absolute Gasteiger partial charge is 0.351 e. The first kappa shape index (κ1) is 19.7. The van der Waals surface area contributed by atoms with Crippen LogP contribution in [0.15, 0.2) is 40.3 Å². The number of hydrogen-bond acceptors (Lipinski definition) is 6. The zero-order chi connectivity index (χ0) is 20.4. The number of nitrogens with zero attached hydrogens (tertiary/aromatic N) is 2. The molecule has 4 rings (SSSR count). The molecule has 0 fully saturated rings. The first-order chi connectivity index (χ1) is 14.0. The number of urea groups is 1. The van der Waals surface area contributed by atoms with E-state index in [0.29, 0.717) is 10.9 Å². The van der Waals surface area contributed by atoms with Crippen molar-refractivity contribution in [2.24, 2.45) is 5.73 Å². The molecule has 2 aromatic heterocycles. The molecule has 1 aliphatic rings. The van der Waals surface area contributed by atoms with E-state index in [-0.39, 0.29) is 12.0 Å². The minimum Gasteiger partial charge on any atom is -0.351 e. The number of amides is 3. The van der Waals surface area contributed by atoms with E-state index >= 15 is 0 Å². The number of para-hydroxylation sites is 1. The number of aryl methyl sites for hydroxylation is 2. The second kappa shape index (κ2) is 8.38. The van der Waals surface area contributed by atoms with Crippen molar-refractivity contribution in [3.63, 3.8) is 0 Å². The molecule has 0 bridgehead atoms. The topological polar surface area (TPSA) is 107 Å². The van der Waals surface area contributed by atoms with E-state index < -0.39 is 11.9 Å². The Balaban J connectivity index is 1.75. The van der Waals surface area contributed by atoms with Gasteiger partial charge in [-0.15, -0.1) is 11.3 Å². The zero-order valence-corrected chi connectivity index (χ0v) is 17.3. The molecule has 0 saturated carbocycles. The summed E-state index contributed by atoms with van der Waals surface area (Å²) in [5.74, 6) is -0.0825. The van der Waals surface area contributed by atoms with E-state index in [1.54, 1.807) is 15.9 Å². The molecule has 29 heavy (non-hydrogen) atoms. The Morgan fingerprint density at radius 2 is 1.97 bits per heavy atom. The summed E-state index contributed by atoms with van der Waals surface area (Å²) in [7, 11) is 0. The normalized spacial score (nSPS) is 13.2. The lowest BCUT2D eigenvalue weighted by Crippen LogP contribution is -2.35. The predicted molar refractivity (Wildman–Crippen MR) is 115 cm³/mol. The van der Waals surface area contributed by atoms with Crippen molar-refractivity contribution in [1.29, 1.82) is 0 Å². The van der Waals surface area contributed by atoms with Crippen LogP contribution < -0.4 is 16.6 Å². The van der Waals surface area contributed by atoms with Gasteiger partial charge in [0.25, 0.3) is 5.56 Å². The third-order valence-electron chi connectivity index (χ3n) is 4.80. The lowest BCUT2D eigenvalue weighted by molar-refractivity contribution is -0.119. The van der Waals surface area contributed by atoms with Gasteiger partial charge >= 0.3 is 6.03 Å². The number of primary amides is 1. The summed E-state index contributed by atoms with van der Waals surface area (Å²) in [4.78, 5) is 42.8. The number of hydrogen-bond donors (Lipinski definition) is 2. The van der Waals surface area contributed by atoms with Crippen molar-refractivity contribution >= 4 is 45.3 Å². The van der Waals surface area contributed by atoms with Crippen LogP contribution in [0.2, 0.25) is 0 Å². The standard InChI is InChI=1S/C20H20N4O3S2/c21-19(27)22-15(25)10-11-28-20-23-17-16(13-8-4-5-9-14(13)29-17)18(26)24(20)12-6-2-1-3-7-12/h1-3,6-7H,4-5,8-11H2,(H3,21,22,25,27). The summed E-state index contributed by atoms with van der Waals surface area (Å²) in [6.45, 7) is 0. The summed E-state index contributed by atoms with van der Waals surface area (Å²) >= 11 is 2.92. The van der Waals surface area contributed by atoms with Crippen molar-refractivity contribution in [3.8, 4) is 5.69 Å². The van der Waals surface area contributed by atoms with Crippen LogP contribution in [0, 0.1) is 0 Å². The third-order valence-corrected chi connectivity index (χ3v) is 6.92. The van der Waals surface area contributed by atoms with Gasteiger partial charge in [-0.1, -0.05) is 30.0 Å². The monoisotopic (exact) mass is 428 g/mol. The number of thiophene rings is 1. The summed E-state index contributed by atoms with van der Waals surface area (Å²) < 4.78 is 1.63. The van der Waals surface area contributed by atoms with Crippen LogP contribution in [0.25, 0.3) is 15.9 Å². The molecule has 0 spiro atoms. The lowest BCUT2D eigenvalue weighted by atomic mass is 9.97. The van der Waals surface area contributed by atoms with Gasteiger partial charge in [0.05, 0.1) is 11.1 Å². The fourth-order valence-corrected chi connectivity index (χ4v) is 5.78. The van der Waals surface area contributed by atoms with Gasteiger partial charge in [-0.2, -0.15) is 0 Å². The molecule has 3 aromatic rings. The van der Waals surface area contributed by atoms with Crippen LogP contribution in [-0.4, -0.2) is 27.2 Å². The number of imide groups is 1. The molecule has 0 unspecified atom stereocenters. The number of rotatable bonds is 5. The van der Waals surface area contributed by atoms with Gasteiger partial charge < -0.3 is 5.73 Å². The maximum atomic E-state index is 13.5. The zero-order valence-electron chi connectivity index (χ0n) is 15.6. The highest BCUT2D eigenvalue weighted by molar-refractivity contribution is 7.99. The molecule has 3 N–H and O–H groups in total. The number of carbonyl (C=O) groups excluding carboxylic acids is 2. The van der Waals surface area contributed by atoms with Crippen LogP contribution in [0.5, 0.6) is 0 Å². The van der Waals surface area contributed by atoms with Crippen LogP contribution in [0.4, 0.5) is 4.79 Å². The summed E-state index contributed by atoms with van der Waals surface area (Å²) in [5, 5.41) is 3.32. The van der Waals surface area contributed by atoms with Crippen LogP contribution in [0.1, 0.15) is 29.7 Å². The van der Waals surface area contributed by atoms with E-state index in [0.717, 1.165) is 47.2 Å². The van der Waals surface area contributed by atoms with E-state index in [1.165, 1.54) is 16.6 Å². The molecular formula is C20H20N4O3S2. The number of aromatic nitrogens is 2. The second-order valence-corrected chi connectivity index (χ2v) is 8.92. The fourth-order valence-electron chi connectivity index (χ4n) is 3.52. The van der Waals surface area contributed by atoms with Gasteiger partial charge in [0.2, 0.25) is 5.91 Å². The fraction of sp³-hybridized carbons (Fsp3) is 0.300. The smallest absolute Gasteiger partial charge is 0.318 e. The molecular weight excluding hydrogens is 408 g/mol. The number of nitrogens with one attached hydrogen (secondary N) is 1. The van der Waals surface area contributed by atoms with Gasteiger partial charge in [0, 0.05) is 17.1 Å². The number of fused-ring (bicyclic) bond motifs is 3. The van der Waals surface area contributed by atoms with Crippen molar-refractivity contribution in [2.75, 3.05) is 5.75 Å². The van der Waals surface area contributed by atoms with E-state index in [9.17, 15) is 14.4 Å². The average molecular weight is 429 g/mol. The van der Waals surface area contributed by atoms with Crippen molar-refractivity contribution < 1.29 is 9.59 Å². The molecule has 3 amide bonds. The quantitative estimate of drug-likeness (QED) is 0.480. The maximum Gasteiger partial charge on any atom is 0.318 e. The van der Waals surface area contributed by atoms with E-state index in [4.69, 9.17) is 10.7 Å². The molecule has 1 aromatic carbocycles. The summed E-state index contributed by atoms with van der Waals surface area (Å²) in [6.07, 6.45) is 4.24. The minimum absolute atomic E-state index is 0.0651. The SMILES string of the molecule is NC(=O)NC(=O)CCSc1nc2sc3c(c2c(=O)n1-c1ccccc1)CCCC3. The number of thioether (sulfide) groups is 1. The molecule has 0 saturated heterocycles. The Kier molecular flexibility index (Phi) is 5.68. The van der Waals surface area contributed by atoms with Crippen LogP contribution >= 0.6 is 23.1 Å². The van der Waals surface area contributed by atoms with Gasteiger partial charge in [-0.25, -0.2) is 9.78 Å². The van der Waals surface area contributed by atoms with Gasteiger partial charge in [-0.05, 0) is 43.4 Å². The van der Waals surface area contributed by atoms with Gasteiger partial charge in [0.15, 0.2) is 5.16 Å². The molecule has 1 aliphatic carbocycles. The number of nitrogens with two attached hydrogens (primary N) is 1. The summed E-state index contributed by atoms with van der Waals surface area (Å²) in [6, 6.07) is 8.53. The summed E-state index contributed by atoms with van der Waals surface area (Å²) in [5.41, 5.74) is 6.80. The predicted octanol–water partition coefficient (Wildman–Crippen LogP) is 3.00. The second-order valence-electron chi connectivity index (χ2n) is 6.77. The van der Waals surface area contributed by atoms with E-state index in [1.807, 2.05) is 35.6 Å². The van der Waals surface area contributed by atoms with Crippen LogP contribution in [-0.2, 0) is 17.6 Å². The van der Waals surface area contributed by atoms with Crippen molar-refractivity contribution in [1.82, 2.24) is 14.9 Å². The Morgan fingerprint density at radius 1 is 1.21 bits per heavy atom. The first-order valence-electron chi connectivity index (χ1n) is 9.39. The Labute approximate surface area is 175 Å². The molecule has 150 valence electrons. The van der Waals surface area contributed by atoms with Crippen LogP contribution in [0.3, 0.4) is 0 Å². The van der Waals surface area contributed by atoms with Gasteiger partial charge in [0.1, 0.15) is 4.83 Å². The minimum atomic E-state index is -0.870. The first-order valence-corrected chi connectivity index (χ1v) is 11.2. The molecule has 0 radical (unpaired) electrons. The maximum absolute atomic E-state index is 13.5. The molecule has 9 heteroatoms. The Hall–Kier alpha value is -2.65. The van der Waals surface area contributed by atoms with Crippen molar-refractivity contribution in [3.05, 3.63) is 51.1 Å². The third kappa shape index (κ3) is 4.06. The van der Waals surface area contributed by atoms with E-state index in [2.05, 4.69) is 0 Å². The highest BCUT2D eigenvalue weighted by Crippen LogP contribution is 2.35. The molecule has 7 nitrogen and oxygen atoms in total. The Bertz CT molecular complexity index is 1140. The highest BCUT2D eigenvalue weighted by Gasteiger charge is 2.23. The Morgan fingerprint density at radius 3 is 2.72 bits per heavy atom. The highest BCUT2D eigenvalue weighted by atomic mass is 32.2. The molecule has 0 aliphatic heterocycles.